The summed E-state index contributed by atoms with van der Waals surface area (Å²) >= 11 is 0. The van der Waals surface area contributed by atoms with Gasteiger partial charge in [-0.1, -0.05) is 25.5 Å². The maximum atomic E-state index is 12.1. The molecule has 1 atom stereocenters. The first-order valence-electron chi connectivity index (χ1n) is 13.5. The van der Waals surface area contributed by atoms with Crippen molar-refractivity contribution in [3.8, 4) is 0 Å². The van der Waals surface area contributed by atoms with Gasteiger partial charge in [0.05, 0.1) is 6.61 Å². The van der Waals surface area contributed by atoms with Crippen molar-refractivity contribution in [2.75, 3.05) is 38.7 Å². The average molecular weight is 545 g/mol. The van der Waals surface area contributed by atoms with Gasteiger partial charge in [-0.05, 0) is 50.8 Å². The molecule has 0 fully saturated rings. The van der Waals surface area contributed by atoms with E-state index in [0.717, 1.165) is 30.5 Å². The molecule has 1 rings (SSSR count). The van der Waals surface area contributed by atoms with Crippen molar-refractivity contribution in [2.24, 2.45) is 5.92 Å². The number of amides is 3. The molecular weight excluding hydrogens is 500 g/mol. The SMILES string of the molecule is CN/C(C)=C\C(=O)Cc1ccc(NC(=O)CC(=O)NCCOCCCC(=O)NCCCCC(C)C(C)=O)cc1. The molecule has 39 heavy (non-hydrogen) atoms. The zero-order chi connectivity index (χ0) is 29.0. The fourth-order valence-electron chi connectivity index (χ4n) is 3.48. The minimum absolute atomic E-state index is 0.0239. The summed E-state index contributed by atoms with van der Waals surface area (Å²) in [7, 11) is 1.75. The number of unbranched alkanes of at least 4 members (excludes halogenated alkanes) is 1. The van der Waals surface area contributed by atoms with Crippen molar-refractivity contribution in [3.05, 3.63) is 41.6 Å². The van der Waals surface area contributed by atoms with Crippen LogP contribution >= 0.6 is 0 Å². The highest BCUT2D eigenvalue weighted by Crippen LogP contribution is 2.11. The van der Waals surface area contributed by atoms with Crippen LogP contribution in [0.2, 0.25) is 0 Å². The minimum Gasteiger partial charge on any atom is -0.392 e. The maximum absolute atomic E-state index is 12.1. The molecule has 0 heterocycles. The number of Topliss-reactive ketones (excluding diaryl/α,β-unsaturated/α-hetero) is 1. The van der Waals surface area contributed by atoms with Crippen LogP contribution in [0, 0.1) is 5.92 Å². The lowest BCUT2D eigenvalue weighted by atomic mass is 10.0. The molecule has 0 aromatic heterocycles. The quantitative estimate of drug-likeness (QED) is 0.112. The van der Waals surface area contributed by atoms with Gasteiger partial charge in [0, 0.05) is 63.0 Å². The summed E-state index contributed by atoms with van der Waals surface area (Å²) in [5.41, 5.74) is 2.15. The fraction of sp³-hybridized carbons (Fsp3) is 0.552. The molecule has 0 aliphatic rings. The van der Waals surface area contributed by atoms with Gasteiger partial charge in [0.2, 0.25) is 17.7 Å². The Bertz CT molecular complexity index is 974. The normalized spacial score (nSPS) is 11.8. The highest BCUT2D eigenvalue weighted by molar-refractivity contribution is 6.03. The molecule has 0 aliphatic carbocycles. The fourth-order valence-corrected chi connectivity index (χ4v) is 3.48. The first kappa shape index (κ1) is 33.5. The van der Waals surface area contributed by atoms with Crippen LogP contribution in [0.3, 0.4) is 0 Å². The van der Waals surface area contributed by atoms with E-state index in [9.17, 15) is 24.0 Å². The van der Waals surface area contributed by atoms with Gasteiger partial charge >= 0.3 is 0 Å². The molecular formula is C29H44N4O6. The number of carbonyl (C=O) groups is 5. The number of rotatable bonds is 20. The van der Waals surface area contributed by atoms with Crippen LogP contribution in [0.25, 0.3) is 0 Å². The molecule has 0 aliphatic heterocycles. The first-order valence-corrected chi connectivity index (χ1v) is 13.5. The lowest BCUT2D eigenvalue weighted by Gasteiger charge is -2.09. The highest BCUT2D eigenvalue weighted by Gasteiger charge is 2.10. The van der Waals surface area contributed by atoms with Gasteiger partial charge in [0.1, 0.15) is 12.2 Å². The third-order valence-corrected chi connectivity index (χ3v) is 6.05. The second-order valence-electron chi connectivity index (χ2n) is 9.57. The molecule has 216 valence electrons. The molecule has 4 N–H and O–H groups in total. The first-order chi connectivity index (χ1) is 18.6. The maximum Gasteiger partial charge on any atom is 0.233 e. The number of ether oxygens (including phenoxy) is 1. The number of ketones is 2. The predicted molar refractivity (Wildman–Crippen MR) is 151 cm³/mol. The van der Waals surface area contributed by atoms with E-state index in [-0.39, 0.29) is 49.4 Å². The van der Waals surface area contributed by atoms with Crippen molar-refractivity contribution < 1.29 is 28.7 Å². The molecule has 10 nitrogen and oxygen atoms in total. The van der Waals surface area contributed by atoms with Crippen LogP contribution < -0.4 is 21.3 Å². The van der Waals surface area contributed by atoms with Crippen molar-refractivity contribution in [1.82, 2.24) is 16.0 Å². The van der Waals surface area contributed by atoms with E-state index >= 15 is 0 Å². The highest BCUT2D eigenvalue weighted by atomic mass is 16.5. The van der Waals surface area contributed by atoms with Gasteiger partial charge < -0.3 is 26.0 Å². The van der Waals surface area contributed by atoms with Gasteiger partial charge in [-0.3, -0.25) is 24.0 Å². The van der Waals surface area contributed by atoms with E-state index in [4.69, 9.17) is 4.74 Å². The Labute approximate surface area is 231 Å². The van der Waals surface area contributed by atoms with E-state index in [1.165, 1.54) is 0 Å². The van der Waals surface area contributed by atoms with Gasteiger partial charge in [0.25, 0.3) is 0 Å². The molecule has 1 aromatic rings. The van der Waals surface area contributed by atoms with Crippen LogP contribution in [-0.4, -0.2) is 62.6 Å². The van der Waals surface area contributed by atoms with Crippen LogP contribution in [-0.2, 0) is 35.1 Å². The Morgan fingerprint density at radius 3 is 2.23 bits per heavy atom. The Kier molecular flexibility index (Phi) is 16.8. The minimum atomic E-state index is -0.441. The monoisotopic (exact) mass is 544 g/mol. The van der Waals surface area contributed by atoms with Crippen LogP contribution in [0.1, 0.15) is 64.9 Å². The molecule has 0 radical (unpaired) electrons. The number of allylic oxidation sites excluding steroid dienone is 2. The van der Waals surface area contributed by atoms with Gasteiger partial charge in [-0.25, -0.2) is 0 Å². The van der Waals surface area contributed by atoms with Crippen LogP contribution in [0.15, 0.2) is 36.0 Å². The molecule has 0 spiro atoms. The van der Waals surface area contributed by atoms with E-state index in [2.05, 4.69) is 21.3 Å². The lowest BCUT2D eigenvalue weighted by molar-refractivity contribution is -0.127. The van der Waals surface area contributed by atoms with Crippen LogP contribution in [0.5, 0.6) is 0 Å². The number of nitrogens with one attached hydrogen (secondary N) is 4. The van der Waals surface area contributed by atoms with E-state index in [1.54, 1.807) is 44.3 Å². The Balaban J connectivity index is 2.10. The number of hydrogen-bond acceptors (Lipinski definition) is 7. The van der Waals surface area contributed by atoms with Crippen molar-refractivity contribution in [1.29, 1.82) is 0 Å². The average Bonchev–Trinajstić information content (AvgIpc) is 2.88. The summed E-state index contributed by atoms with van der Waals surface area (Å²) in [4.78, 5) is 59.1. The summed E-state index contributed by atoms with van der Waals surface area (Å²) < 4.78 is 5.43. The molecule has 1 unspecified atom stereocenters. The Morgan fingerprint density at radius 2 is 1.56 bits per heavy atom. The van der Waals surface area contributed by atoms with Gasteiger partial charge in [0.15, 0.2) is 5.78 Å². The van der Waals surface area contributed by atoms with Crippen molar-refractivity contribution >= 4 is 35.0 Å². The van der Waals surface area contributed by atoms with E-state index in [1.807, 2.05) is 13.8 Å². The second kappa shape index (κ2) is 19.5. The summed E-state index contributed by atoms with van der Waals surface area (Å²) in [5, 5.41) is 11.1. The number of anilines is 1. The molecule has 3 amide bonds. The Morgan fingerprint density at radius 1 is 0.872 bits per heavy atom. The second-order valence-corrected chi connectivity index (χ2v) is 9.57. The van der Waals surface area contributed by atoms with Crippen molar-refractivity contribution in [2.45, 2.75) is 65.7 Å². The zero-order valence-corrected chi connectivity index (χ0v) is 23.7. The molecule has 0 bridgehead atoms. The molecule has 0 saturated carbocycles. The summed E-state index contributed by atoms with van der Waals surface area (Å²) in [5.74, 6) is -0.640. The number of hydrogen-bond donors (Lipinski definition) is 4. The molecule has 10 heteroatoms. The smallest absolute Gasteiger partial charge is 0.233 e. The molecule has 0 saturated heterocycles. The zero-order valence-electron chi connectivity index (χ0n) is 23.7. The third kappa shape index (κ3) is 16.8. The number of benzene rings is 1. The Hall–Kier alpha value is -3.53. The third-order valence-electron chi connectivity index (χ3n) is 6.05. The van der Waals surface area contributed by atoms with Gasteiger partial charge in [-0.15, -0.1) is 0 Å². The standard InChI is InChI=1S/C29H44N4O6/c1-21(23(3)34)8-5-6-14-31-27(36)9-7-16-39-17-15-32-28(37)20-29(38)33-25-12-10-24(11-13-25)19-26(35)18-22(2)30-4/h10-13,18,21,30H,5-9,14-17,19-20H2,1-4H3,(H,31,36)(H,32,37)(H,33,38)/b22-18-. The summed E-state index contributed by atoms with van der Waals surface area (Å²) in [6.45, 7) is 6.88. The van der Waals surface area contributed by atoms with E-state index in [0.29, 0.717) is 31.7 Å². The molecule has 1 aromatic carbocycles. The lowest BCUT2D eigenvalue weighted by Crippen LogP contribution is -2.30. The topological polar surface area (TPSA) is 143 Å². The van der Waals surface area contributed by atoms with E-state index < -0.39 is 11.8 Å². The summed E-state index contributed by atoms with van der Waals surface area (Å²) in [6.07, 6.45) is 5.02. The van der Waals surface area contributed by atoms with Crippen LogP contribution in [0.4, 0.5) is 5.69 Å². The summed E-state index contributed by atoms with van der Waals surface area (Å²) in [6, 6.07) is 6.91. The largest absolute Gasteiger partial charge is 0.392 e. The van der Waals surface area contributed by atoms with Crippen molar-refractivity contribution in [3.63, 3.8) is 0 Å². The number of carbonyl (C=O) groups excluding carboxylic acids is 5. The predicted octanol–water partition coefficient (Wildman–Crippen LogP) is 2.67. The van der Waals surface area contributed by atoms with Gasteiger partial charge in [-0.2, -0.15) is 0 Å².